The molecule has 1 saturated heterocycles. The van der Waals surface area contributed by atoms with Crippen molar-refractivity contribution >= 4 is 5.91 Å². The minimum Gasteiger partial charge on any atom is -0.369 e. The lowest BCUT2D eigenvalue weighted by Gasteiger charge is -2.53. The van der Waals surface area contributed by atoms with Crippen LogP contribution >= 0.6 is 0 Å². The van der Waals surface area contributed by atoms with E-state index in [1.807, 2.05) is 0 Å². The highest BCUT2D eigenvalue weighted by Gasteiger charge is 2.44. The van der Waals surface area contributed by atoms with Crippen LogP contribution in [0.3, 0.4) is 0 Å². The highest BCUT2D eigenvalue weighted by molar-refractivity contribution is 5.77. The van der Waals surface area contributed by atoms with E-state index >= 15 is 0 Å². The molecule has 82 valence electrons. The van der Waals surface area contributed by atoms with Gasteiger partial charge in [0.05, 0.1) is 0 Å². The SMILES string of the molecule is CN1C(C)(C)CC(C(N)=O)CC1(C)C. The number of rotatable bonds is 1. The fourth-order valence-electron chi connectivity index (χ4n) is 2.57. The van der Waals surface area contributed by atoms with E-state index in [2.05, 4.69) is 39.6 Å². The smallest absolute Gasteiger partial charge is 0.220 e. The number of hydrogen-bond acceptors (Lipinski definition) is 2. The number of piperidine rings is 1. The third-order valence-electron chi connectivity index (χ3n) is 3.71. The molecule has 1 aliphatic heterocycles. The second kappa shape index (κ2) is 3.23. The lowest BCUT2D eigenvalue weighted by Crippen LogP contribution is -2.60. The highest BCUT2D eigenvalue weighted by atomic mass is 16.1. The summed E-state index contributed by atoms with van der Waals surface area (Å²) in [6.45, 7) is 8.68. The van der Waals surface area contributed by atoms with Crippen molar-refractivity contribution in [3.8, 4) is 0 Å². The number of hydrogen-bond donors (Lipinski definition) is 1. The maximum atomic E-state index is 11.2. The van der Waals surface area contributed by atoms with Crippen LogP contribution < -0.4 is 5.73 Å². The fourth-order valence-corrected chi connectivity index (χ4v) is 2.57. The topological polar surface area (TPSA) is 46.3 Å². The maximum absolute atomic E-state index is 11.2. The summed E-state index contributed by atoms with van der Waals surface area (Å²) in [6, 6.07) is 0. The summed E-state index contributed by atoms with van der Waals surface area (Å²) < 4.78 is 0. The van der Waals surface area contributed by atoms with E-state index in [0.29, 0.717) is 0 Å². The Morgan fingerprint density at radius 3 is 1.86 bits per heavy atom. The molecule has 1 fully saturated rings. The molecule has 0 atom stereocenters. The normalized spacial score (nSPS) is 27.5. The summed E-state index contributed by atoms with van der Waals surface area (Å²) in [7, 11) is 2.12. The van der Waals surface area contributed by atoms with Crippen molar-refractivity contribution in [2.24, 2.45) is 11.7 Å². The zero-order chi connectivity index (χ0) is 11.1. The van der Waals surface area contributed by atoms with Crippen LogP contribution in [0.4, 0.5) is 0 Å². The number of nitrogens with zero attached hydrogens (tertiary/aromatic N) is 1. The molecule has 0 aliphatic carbocycles. The molecule has 0 aromatic carbocycles. The van der Waals surface area contributed by atoms with Gasteiger partial charge >= 0.3 is 0 Å². The van der Waals surface area contributed by atoms with Gasteiger partial charge in [0.2, 0.25) is 5.91 Å². The van der Waals surface area contributed by atoms with Crippen molar-refractivity contribution in [3.05, 3.63) is 0 Å². The minimum atomic E-state index is -0.153. The van der Waals surface area contributed by atoms with Crippen molar-refractivity contribution in [2.45, 2.75) is 51.6 Å². The number of nitrogens with two attached hydrogens (primary N) is 1. The summed E-state index contributed by atoms with van der Waals surface area (Å²) in [4.78, 5) is 13.6. The Labute approximate surface area is 86.6 Å². The van der Waals surface area contributed by atoms with Gasteiger partial charge in [0.1, 0.15) is 0 Å². The van der Waals surface area contributed by atoms with Crippen LogP contribution in [0.1, 0.15) is 40.5 Å². The molecule has 1 amide bonds. The van der Waals surface area contributed by atoms with Gasteiger partial charge in [0, 0.05) is 17.0 Å². The summed E-state index contributed by atoms with van der Waals surface area (Å²) in [6.07, 6.45) is 1.73. The third kappa shape index (κ3) is 1.92. The van der Waals surface area contributed by atoms with Crippen LogP contribution in [-0.4, -0.2) is 28.9 Å². The van der Waals surface area contributed by atoms with Gasteiger partial charge in [-0.3, -0.25) is 9.69 Å². The monoisotopic (exact) mass is 198 g/mol. The average molecular weight is 198 g/mol. The van der Waals surface area contributed by atoms with Crippen LogP contribution in [-0.2, 0) is 4.79 Å². The van der Waals surface area contributed by atoms with Crippen LogP contribution in [0, 0.1) is 5.92 Å². The van der Waals surface area contributed by atoms with E-state index in [1.54, 1.807) is 0 Å². The second-order valence-corrected chi connectivity index (χ2v) is 5.69. The first-order chi connectivity index (χ1) is 6.17. The van der Waals surface area contributed by atoms with Crippen LogP contribution in [0.5, 0.6) is 0 Å². The first kappa shape index (κ1) is 11.5. The Hall–Kier alpha value is -0.570. The quantitative estimate of drug-likeness (QED) is 0.691. The highest BCUT2D eigenvalue weighted by Crippen LogP contribution is 2.39. The average Bonchev–Trinajstić information content (AvgIpc) is 1.98. The van der Waals surface area contributed by atoms with Gasteiger partial charge in [0.25, 0.3) is 0 Å². The van der Waals surface area contributed by atoms with E-state index in [0.717, 1.165) is 12.8 Å². The summed E-state index contributed by atoms with van der Waals surface area (Å²) in [5.41, 5.74) is 5.51. The van der Waals surface area contributed by atoms with Gasteiger partial charge in [0.15, 0.2) is 0 Å². The van der Waals surface area contributed by atoms with E-state index in [4.69, 9.17) is 5.73 Å². The van der Waals surface area contributed by atoms with E-state index in [-0.39, 0.29) is 22.9 Å². The maximum Gasteiger partial charge on any atom is 0.220 e. The molecule has 3 nitrogen and oxygen atoms in total. The molecular formula is C11H22N2O. The fraction of sp³-hybridized carbons (Fsp3) is 0.909. The Kier molecular flexibility index (Phi) is 2.65. The molecule has 0 unspecified atom stereocenters. The van der Waals surface area contributed by atoms with Gasteiger partial charge in [-0.25, -0.2) is 0 Å². The predicted octanol–water partition coefficient (Wildman–Crippen LogP) is 1.37. The largest absolute Gasteiger partial charge is 0.369 e. The van der Waals surface area contributed by atoms with Gasteiger partial charge in [-0.1, -0.05) is 0 Å². The van der Waals surface area contributed by atoms with Crippen LogP contribution in [0.25, 0.3) is 0 Å². The van der Waals surface area contributed by atoms with Gasteiger partial charge in [-0.15, -0.1) is 0 Å². The van der Waals surface area contributed by atoms with E-state index in [9.17, 15) is 4.79 Å². The first-order valence-electron chi connectivity index (χ1n) is 5.20. The number of amides is 1. The molecule has 0 bridgehead atoms. The van der Waals surface area contributed by atoms with E-state index < -0.39 is 0 Å². The molecule has 3 heteroatoms. The molecule has 0 saturated carbocycles. The lowest BCUT2D eigenvalue weighted by molar-refractivity contribution is -0.128. The summed E-state index contributed by atoms with van der Waals surface area (Å²) >= 11 is 0. The molecular weight excluding hydrogens is 176 g/mol. The Morgan fingerprint density at radius 2 is 1.57 bits per heavy atom. The lowest BCUT2D eigenvalue weighted by atomic mass is 9.74. The van der Waals surface area contributed by atoms with Crippen LogP contribution in [0.15, 0.2) is 0 Å². The first-order valence-corrected chi connectivity index (χ1v) is 5.20. The molecule has 14 heavy (non-hydrogen) atoms. The molecule has 1 rings (SSSR count). The molecule has 0 aromatic heterocycles. The minimum absolute atomic E-state index is 0.0243. The zero-order valence-corrected chi connectivity index (χ0v) is 9.92. The number of likely N-dealkylation sites (tertiary alicyclic amines) is 1. The Bertz CT molecular complexity index is 228. The standard InChI is InChI=1S/C11H22N2O/c1-10(2)6-8(9(12)14)7-11(3,4)13(10)5/h8H,6-7H2,1-5H3,(H2,12,14). The molecule has 1 aliphatic rings. The number of carbonyl (C=O) groups is 1. The summed E-state index contributed by atoms with van der Waals surface area (Å²) in [5.74, 6) is -0.129. The van der Waals surface area contributed by atoms with Gasteiger partial charge in [-0.05, 0) is 47.6 Å². The van der Waals surface area contributed by atoms with Crippen molar-refractivity contribution in [1.82, 2.24) is 4.90 Å². The predicted molar refractivity (Wildman–Crippen MR) is 57.8 cm³/mol. The van der Waals surface area contributed by atoms with Gasteiger partial charge < -0.3 is 5.73 Å². The van der Waals surface area contributed by atoms with Crippen LogP contribution in [0.2, 0.25) is 0 Å². The molecule has 1 heterocycles. The molecule has 2 N–H and O–H groups in total. The van der Waals surface area contributed by atoms with Crippen molar-refractivity contribution < 1.29 is 4.79 Å². The Morgan fingerprint density at radius 1 is 1.21 bits per heavy atom. The van der Waals surface area contributed by atoms with Crippen molar-refractivity contribution in [3.63, 3.8) is 0 Å². The number of carbonyl (C=O) groups excluding carboxylic acids is 1. The third-order valence-corrected chi connectivity index (χ3v) is 3.71. The molecule has 0 spiro atoms. The number of primary amides is 1. The van der Waals surface area contributed by atoms with Crippen molar-refractivity contribution in [2.75, 3.05) is 7.05 Å². The van der Waals surface area contributed by atoms with E-state index in [1.165, 1.54) is 0 Å². The molecule has 0 aromatic rings. The summed E-state index contributed by atoms with van der Waals surface area (Å²) in [5, 5.41) is 0. The second-order valence-electron chi connectivity index (χ2n) is 5.69. The Balaban J connectivity index is 2.91. The molecule has 0 radical (unpaired) electrons. The van der Waals surface area contributed by atoms with Crippen molar-refractivity contribution in [1.29, 1.82) is 0 Å². The van der Waals surface area contributed by atoms with Gasteiger partial charge in [-0.2, -0.15) is 0 Å². The zero-order valence-electron chi connectivity index (χ0n) is 9.92.